The van der Waals surface area contributed by atoms with Crippen molar-refractivity contribution < 1.29 is 13.2 Å². The summed E-state index contributed by atoms with van der Waals surface area (Å²) in [7, 11) is 0. The highest BCUT2D eigenvalue weighted by Crippen LogP contribution is 2.42. The Morgan fingerprint density at radius 3 is 2.41 bits per heavy atom. The average Bonchev–Trinajstić information content (AvgIpc) is 2.72. The van der Waals surface area contributed by atoms with Gasteiger partial charge < -0.3 is 5.73 Å². The van der Waals surface area contributed by atoms with Crippen molar-refractivity contribution in [3.8, 4) is 0 Å². The monoisotopic (exact) mass is 261 g/mol. The molecule has 1 nitrogen and oxygen atoms in total. The van der Waals surface area contributed by atoms with Crippen LogP contribution in [0.4, 0.5) is 18.9 Å². The molecule has 2 N–H and O–H groups in total. The first-order valence-corrected chi connectivity index (χ1v) is 6.48. The maximum atomic E-state index is 12.8. The molecule has 0 saturated heterocycles. The molecule has 0 unspecified atom stereocenters. The van der Waals surface area contributed by atoms with Crippen molar-refractivity contribution in [1.82, 2.24) is 0 Å². The molecule has 2 rings (SSSR count). The fourth-order valence-corrected chi connectivity index (χ4v) is 3.43. The minimum atomic E-state index is -4.32. The zero-order valence-electron chi connectivity index (χ0n) is 9.26. The molecule has 1 aromatic carbocycles. The molecule has 1 saturated carbocycles. The normalized spacial score (nSPS) is 17.6. The molecule has 0 spiro atoms. The lowest BCUT2D eigenvalue weighted by atomic mass is 10.2. The van der Waals surface area contributed by atoms with Gasteiger partial charge in [-0.25, -0.2) is 0 Å². The van der Waals surface area contributed by atoms with Crippen LogP contribution in [0.25, 0.3) is 0 Å². The van der Waals surface area contributed by atoms with E-state index in [0.29, 0.717) is 10.1 Å². The van der Waals surface area contributed by atoms with E-state index < -0.39 is 11.7 Å². The molecule has 94 valence electrons. The molecule has 1 aliphatic rings. The van der Waals surface area contributed by atoms with Crippen LogP contribution in [0.1, 0.15) is 31.2 Å². The van der Waals surface area contributed by atoms with Crippen molar-refractivity contribution >= 4 is 17.4 Å². The first-order chi connectivity index (χ1) is 7.97. The molecule has 1 aliphatic carbocycles. The predicted octanol–water partition coefficient (Wildman–Crippen LogP) is 4.32. The van der Waals surface area contributed by atoms with Gasteiger partial charge >= 0.3 is 6.18 Å². The van der Waals surface area contributed by atoms with E-state index >= 15 is 0 Å². The third-order valence-electron chi connectivity index (χ3n) is 2.90. The number of anilines is 1. The third-order valence-corrected chi connectivity index (χ3v) is 4.32. The van der Waals surface area contributed by atoms with Gasteiger partial charge in [0.15, 0.2) is 0 Å². The van der Waals surface area contributed by atoms with Crippen molar-refractivity contribution in [1.29, 1.82) is 0 Å². The van der Waals surface area contributed by atoms with E-state index in [-0.39, 0.29) is 5.69 Å². The highest BCUT2D eigenvalue weighted by Gasteiger charge is 2.34. The van der Waals surface area contributed by atoms with Crippen molar-refractivity contribution in [2.24, 2.45) is 0 Å². The summed E-state index contributed by atoms with van der Waals surface area (Å²) in [6, 6.07) is 4.05. The van der Waals surface area contributed by atoms with E-state index in [1.54, 1.807) is 0 Å². The SMILES string of the molecule is Nc1ccc(SC2CCCC2)c(C(F)(F)F)c1. The highest BCUT2D eigenvalue weighted by atomic mass is 32.2. The number of hydrogen-bond acceptors (Lipinski definition) is 2. The molecule has 0 heterocycles. The van der Waals surface area contributed by atoms with Gasteiger partial charge in [0.2, 0.25) is 0 Å². The minimum Gasteiger partial charge on any atom is -0.399 e. The van der Waals surface area contributed by atoms with E-state index in [4.69, 9.17) is 5.73 Å². The van der Waals surface area contributed by atoms with E-state index in [1.165, 1.54) is 23.9 Å². The summed E-state index contributed by atoms with van der Waals surface area (Å²) in [5, 5.41) is 0.319. The topological polar surface area (TPSA) is 26.0 Å². The van der Waals surface area contributed by atoms with E-state index in [1.807, 2.05) is 0 Å². The molecule has 0 aliphatic heterocycles. The van der Waals surface area contributed by atoms with Crippen LogP contribution in [-0.2, 0) is 6.18 Å². The first kappa shape index (κ1) is 12.6. The van der Waals surface area contributed by atoms with Gasteiger partial charge in [-0.2, -0.15) is 13.2 Å². The van der Waals surface area contributed by atoms with Crippen molar-refractivity contribution in [2.45, 2.75) is 42.0 Å². The number of alkyl halides is 3. The lowest BCUT2D eigenvalue weighted by Gasteiger charge is -2.15. The smallest absolute Gasteiger partial charge is 0.399 e. The van der Waals surface area contributed by atoms with Crippen molar-refractivity contribution in [3.05, 3.63) is 23.8 Å². The number of thioether (sulfide) groups is 1. The van der Waals surface area contributed by atoms with Crippen LogP contribution in [0, 0.1) is 0 Å². The molecule has 0 radical (unpaired) electrons. The molecule has 0 amide bonds. The predicted molar refractivity (Wildman–Crippen MR) is 64.0 cm³/mol. The van der Waals surface area contributed by atoms with Gasteiger partial charge in [-0.05, 0) is 31.0 Å². The second kappa shape index (κ2) is 4.80. The molecule has 17 heavy (non-hydrogen) atoms. The number of nitrogens with two attached hydrogens (primary N) is 1. The standard InChI is InChI=1S/C12H14F3NS/c13-12(14,15)10-7-8(16)5-6-11(10)17-9-3-1-2-4-9/h5-7,9H,1-4,16H2. The van der Waals surface area contributed by atoms with E-state index in [9.17, 15) is 13.2 Å². The van der Waals surface area contributed by atoms with Gasteiger partial charge in [0, 0.05) is 15.8 Å². The maximum Gasteiger partial charge on any atom is 0.417 e. The third kappa shape index (κ3) is 3.09. The summed E-state index contributed by atoms with van der Waals surface area (Å²) in [6.45, 7) is 0. The lowest BCUT2D eigenvalue weighted by Crippen LogP contribution is -2.09. The molecule has 0 bridgehead atoms. The van der Waals surface area contributed by atoms with Gasteiger partial charge in [-0.3, -0.25) is 0 Å². The average molecular weight is 261 g/mol. The quantitative estimate of drug-likeness (QED) is 0.802. The Morgan fingerprint density at radius 1 is 1.18 bits per heavy atom. The van der Waals surface area contributed by atoms with Crippen LogP contribution in [0.5, 0.6) is 0 Å². The fourth-order valence-electron chi connectivity index (χ4n) is 2.06. The molecular formula is C12H14F3NS. The summed E-state index contributed by atoms with van der Waals surface area (Å²) in [6.07, 6.45) is -0.0724. The molecule has 0 aromatic heterocycles. The largest absolute Gasteiger partial charge is 0.417 e. The van der Waals surface area contributed by atoms with Crippen LogP contribution < -0.4 is 5.73 Å². The Balaban J connectivity index is 2.25. The molecule has 0 atom stereocenters. The Hall–Kier alpha value is -0.840. The molecule has 1 fully saturated rings. The van der Waals surface area contributed by atoms with Crippen molar-refractivity contribution in [3.63, 3.8) is 0 Å². The Labute approximate surface area is 103 Å². The molecule has 1 aromatic rings. The van der Waals surface area contributed by atoms with Gasteiger partial charge in [-0.1, -0.05) is 12.8 Å². The Kier molecular flexibility index (Phi) is 3.56. The van der Waals surface area contributed by atoms with Gasteiger partial charge in [0.1, 0.15) is 0 Å². The maximum absolute atomic E-state index is 12.8. The second-order valence-electron chi connectivity index (χ2n) is 4.28. The van der Waals surface area contributed by atoms with Crippen molar-refractivity contribution in [2.75, 3.05) is 5.73 Å². The zero-order valence-corrected chi connectivity index (χ0v) is 10.1. The Morgan fingerprint density at radius 2 is 1.82 bits per heavy atom. The van der Waals surface area contributed by atoms with Gasteiger partial charge in [-0.15, -0.1) is 11.8 Å². The summed E-state index contributed by atoms with van der Waals surface area (Å²) >= 11 is 1.34. The van der Waals surface area contributed by atoms with Crippen LogP contribution in [0.2, 0.25) is 0 Å². The van der Waals surface area contributed by atoms with E-state index in [2.05, 4.69) is 0 Å². The van der Waals surface area contributed by atoms with Crippen LogP contribution in [0.3, 0.4) is 0 Å². The molecule has 5 heteroatoms. The number of hydrogen-bond donors (Lipinski definition) is 1. The highest BCUT2D eigenvalue weighted by molar-refractivity contribution is 8.00. The minimum absolute atomic E-state index is 0.160. The van der Waals surface area contributed by atoms with E-state index in [0.717, 1.165) is 31.7 Å². The Bertz CT molecular complexity index is 397. The summed E-state index contributed by atoms with van der Waals surface area (Å²) in [4.78, 5) is 0.304. The summed E-state index contributed by atoms with van der Waals surface area (Å²) < 4.78 is 38.5. The number of benzene rings is 1. The van der Waals surface area contributed by atoms with Crippen LogP contribution in [0.15, 0.2) is 23.1 Å². The summed E-state index contributed by atoms with van der Waals surface area (Å²) in [5.41, 5.74) is 4.98. The van der Waals surface area contributed by atoms with Gasteiger partial charge in [0.25, 0.3) is 0 Å². The number of halogens is 3. The number of rotatable bonds is 2. The summed E-state index contributed by atoms with van der Waals surface area (Å²) in [5.74, 6) is 0. The van der Waals surface area contributed by atoms with Gasteiger partial charge in [0.05, 0.1) is 5.56 Å². The van der Waals surface area contributed by atoms with Crippen LogP contribution in [-0.4, -0.2) is 5.25 Å². The second-order valence-corrected chi connectivity index (χ2v) is 5.62. The first-order valence-electron chi connectivity index (χ1n) is 5.60. The molecular weight excluding hydrogens is 247 g/mol. The van der Waals surface area contributed by atoms with Crippen LogP contribution >= 0.6 is 11.8 Å². The number of nitrogen functional groups attached to an aromatic ring is 1. The lowest BCUT2D eigenvalue weighted by molar-refractivity contribution is -0.139. The zero-order chi connectivity index (χ0) is 12.5. The fraction of sp³-hybridized carbons (Fsp3) is 0.500.